The second-order valence-electron chi connectivity index (χ2n) is 7.35. The molecule has 0 radical (unpaired) electrons. The highest BCUT2D eigenvalue weighted by atomic mass is 35.5. The molecule has 3 rings (SSSR count). The van der Waals surface area contributed by atoms with Crippen molar-refractivity contribution in [2.24, 2.45) is 5.92 Å². The van der Waals surface area contributed by atoms with Crippen LogP contribution in [0.5, 0.6) is 0 Å². The average molecular weight is 414 g/mol. The predicted molar refractivity (Wildman–Crippen MR) is 101 cm³/mol. The first-order valence-electron chi connectivity index (χ1n) is 9.36. The molecule has 1 saturated carbocycles. The normalized spacial score (nSPS) is 21.9. The van der Waals surface area contributed by atoms with E-state index in [1.165, 1.54) is 18.1 Å². The fourth-order valence-corrected chi connectivity index (χ4v) is 3.85. The van der Waals surface area contributed by atoms with Crippen molar-refractivity contribution in [2.75, 3.05) is 26.8 Å². The standard InChI is InChI=1S/C19H25ClFN3O4/c1-28-19(27)23-9-12(11-25)6-16(10-23)24(15-4-5-15)18(26)22-8-13-2-3-14(20)7-17(13)21/h2-3,7,12,15-16,25H,4-6,8-11H2,1H3,(H,22,26). The number of carbonyl (C=O) groups is 2. The molecular formula is C19H25ClFN3O4. The Bertz CT molecular complexity index is 731. The molecule has 28 heavy (non-hydrogen) atoms. The predicted octanol–water partition coefficient (Wildman–Crippen LogP) is 2.60. The van der Waals surface area contributed by atoms with Gasteiger partial charge in [0.1, 0.15) is 5.82 Å². The van der Waals surface area contributed by atoms with Crippen LogP contribution in [-0.2, 0) is 11.3 Å². The van der Waals surface area contributed by atoms with E-state index in [-0.39, 0.29) is 37.2 Å². The monoisotopic (exact) mass is 413 g/mol. The Kier molecular flexibility index (Phi) is 6.61. The number of nitrogens with zero attached hydrogens (tertiary/aromatic N) is 2. The summed E-state index contributed by atoms with van der Waals surface area (Å²) in [5, 5.41) is 12.7. The van der Waals surface area contributed by atoms with Gasteiger partial charge >= 0.3 is 12.1 Å². The molecule has 2 N–H and O–H groups in total. The van der Waals surface area contributed by atoms with Crippen molar-refractivity contribution in [3.63, 3.8) is 0 Å². The van der Waals surface area contributed by atoms with Gasteiger partial charge in [0.15, 0.2) is 0 Å². The van der Waals surface area contributed by atoms with Crippen LogP contribution >= 0.6 is 11.6 Å². The van der Waals surface area contributed by atoms with Crippen LogP contribution in [0.1, 0.15) is 24.8 Å². The lowest BCUT2D eigenvalue weighted by Crippen LogP contribution is -2.57. The molecule has 2 fully saturated rings. The number of benzene rings is 1. The zero-order valence-corrected chi connectivity index (χ0v) is 16.5. The Labute approximate surface area is 168 Å². The average Bonchev–Trinajstić information content (AvgIpc) is 3.51. The first-order valence-corrected chi connectivity index (χ1v) is 9.74. The smallest absolute Gasteiger partial charge is 0.409 e. The van der Waals surface area contributed by atoms with Crippen LogP contribution in [0.2, 0.25) is 5.02 Å². The Morgan fingerprint density at radius 1 is 1.36 bits per heavy atom. The number of hydrogen-bond donors (Lipinski definition) is 2. The van der Waals surface area contributed by atoms with Crippen LogP contribution in [-0.4, -0.2) is 65.9 Å². The van der Waals surface area contributed by atoms with Crippen LogP contribution in [0, 0.1) is 11.7 Å². The van der Waals surface area contributed by atoms with Crippen LogP contribution in [0.4, 0.5) is 14.0 Å². The Morgan fingerprint density at radius 3 is 2.71 bits per heavy atom. The van der Waals surface area contributed by atoms with Crippen molar-refractivity contribution >= 4 is 23.7 Å². The third-order valence-electron chi connectivity index (χ3n) is 5.22. The lowest BCUT2D eigenvalue weighted by Gasteiger charge is -2.41. The van der Waals surface area contributed by atoms with Crippen molar-refractivity contribution in [3.8, 4) is 0 Å². The summed E-state index contributed by atoms with van der Waals surface area (Å²) >= 11 is 5.76. The number of aliphatic hydroxyl groups is 1. The molecule has 1 aliphatic carbocycles. The van der Waals surface area contributed by atoms with E-state index >= 15 is 0 Å². The van der Waals surface area contributed by atoms with E-state index in [1.807, 2.05) is 0 Å². The summed E-state index contributed by atoms with van der Waals surface area (Å²) in [7, 11) is 1.31. The third kappa shape index (κ3) is 4.86. The second kappa shape index (κ2) is 8.96. The summed E-state index contributed by atoms with van der Waals surface area (Å²) < 4.78 is 18.8. The summed E-state index contributed by atoms with van der Waals surface area (Å²) in [6.45, 7) is 0.722. The van der Waals surface area contributed by atoms with E-state index < -0.39 is 11.9 Å². The molecule has 0 spiro atoms. The number of likely N-dealkylation sites (tertiary alicyclic amines) is 1. The van der Waals surface area contributed by atoms with Gasteiger partial charge in [-0.3, -0.25) is 0 Å². The van der Waals surface area contributed by atoms with Gasteiger partial charge in [-0.2, -0.15) is 0 Å². The molecule has 2 aliphatic rings. The summed E-state index contributed by atoms with van der Waals surface area (Å²) in [6, 6.07) is 3.89. The molecule has 1 heterocycles. The van der Waals surface area contributed by atoms with Gasteiger partial charge in [0.25, 0.3) is 0 Å². The fraction of sp³-hybridized carbons (Fsp3) is 0.579. The minimum atomic E-state index is -0.472. The zero-order chi connectivity index (χ0) is 20.3. The molecule has 9 heteroatoms. The van der Waals surface area contributed by atoms with Crippen LogP contribution in [0.25, 0.3) is 0 Å². The van der Waals surface area contributed by atoms with E-state index in [4.69, 9.17) is 16.3 Å². The maximum atomic E-state index is 14.0. The third-order valence-corrected chi connectivity index (χ3v) is 5.45. The molecule has 0 aromatic heterocycles. The molecule has 0 bridgehead atoms. The van der Waals surface area contributed by atoms with Gasteiger partial charge in [-0.15, -0.1) is 0 Å². The van der Waals surface area contributed by atoms with Crippen LogP contribution in [0.3, 0.4) is 0 Å². The number of aliphatic hydroxyl groups excluding tert-OH is 1. The molecule has 1 saturated heterocycles. The van der Waals surface area contributed by atoms with E-state index in [0.717, 1.165) is 12.8 Å². The number of methoxy groups -OCH3 is 1. The number of nitrogens with one attached hydrogen (secondary N) is 1. The van der Waals surface area contributed by atoms with Gasteiger partial charge in [-0.05, 0) is 31.4 Å². The van der Waals surface area contributed by atoms with Gasteiger partial charge in [-0.1, -0.05) is 17.7 Å². The molecule has 1 aromatic carbocycles. The van der Waals surface area contributed by atoms with Gasteiger partial charge in [0, 0.05) is 48.8 Å². The highest BCUT2D eigenvalue weighted by molar-refractivity contribution is 6.30. The van der Waals surface area contributed by atoms with Crippen molar-refractivity contribution in [1.29, 1.82) is 0 Å². The van der Waals surface area contributed by atoms with Crippen molar-refractivity contribution in [2.45, 2.75) is 37.9 Å². The number of carbonyl (C=O) groups excluding carboxylic acids is 2. The summed E-state index contributed by atoms with van der Waals surface area (Å²) in [4.78, 5) is 28.1. The molecule has 7 nitrogen and oxygen atoms in total. The van der Waals surface area contributed by atoms with Crippen molar-refractivity contribution in [3.05, 3.63) is 34.6 Å². The molecule has 3 amide bonds. The lowest BCUT2D eigenvalue weighted by molar-refractivity contribution is 0.0464. The SMILES string of the molecule is COC(=O)N1CC(CO)CC(N(C(=O)NCc2ccc(Cl)cc2F)C2CC2)C1. The maximum absolute atomic E-state index is 14.0. The Hall–Kier alpha value is -2.06. The van der Waals surface area contributed by atoms with Gasteiger partial charge in [-0.25, -0.2) is 14.0 Å². The van der Waals surface area contributed by atoms with Crippen molar-refractivity contribution < 1.29 is 23.8 Å². The molecule has 154 valence electrons. The summed E-state index contributed by atoms with van der Waals surface area (Å²) in [5.74, 6) is -0.596. The van der Waals surface area contributed by atoms with Gasteiger partial charge in [0.05, 0.1) is 13.2 Å². The number of ether oxygens (including phenoxy) is 1. The molecule has 2 unspecified atom stereocenters. The van der Waals surface area contributed by atoms with Crippen LogP contribution in [0.15, 0.2) is 18.2 Å². The largest absolute Gasteiger partial charge is 0.453 e. The van der Waals surface area contributed by atoms with E-state index in [9.17, 15) is 19.1 Å². The molecule has 1 aliphatic heterocycles. The highest BCUT2D eigenvalue weighted by Crippen LogP contribution is 2.33. The number of hydrogen-bond acceptors (Lipinski definition) is 4. The molecule has 1 aromatic rings. The fourth-order valence-electron chi connectivity index (χ4n) is 3.70. The van der Waals surface area contributed by atoms with Crippen LogP contribution < -0.4 is 5.32 Å². The number of amides is 3. The number of urea groups is 1. The quantitative estimate of drug-likeness (QED) is 0.777. The maximum Gasteiger partial charge on any atom is 0.409 e. The first kappa shape index (κ1) is 20.7. The zero-order valence-electron chi connectivity index (χ0n) is 15.7. The molecular weight excluding hydrogens is 389 g/mol. The van der Waals surface area contributed by atoms with Gasteiger partial charge < -0.3 is 25.0 Å². The van der Waals surface area contributed by atoms with E-state index in [0.29, 0.717) is 30.1 Å². The molecule has 2 atom stereocenters. The summed E-state index contributed by atoms with van der Waals surface area (Å²) in [6.07, 6.45) is 1.91. The van der Waals surface area contributed by atoms with Crippen molar-refractivity contribution in [1.82, 2.24) is 15.1 Å². The lowest BCUT2D eigenvalue weighted by atomic mass is 9.94. The minimum absolute atomic E-state index is 0.0436. The summed E-state index contributed by atoms with van der Waals surface area (Å²) in [5.41, 5.74) is 0.349. The number of halogens is 2. The Morgan fingerprint density at radius 2 is 2.11 bits per heavy atom. The highest BCUT2D eigenvalue weighted by Gasteiger charge is 2.42. The minimum Gasteiger partial charge on any atom is -0.453 e. The topological polar surface area (TPSA) is 82.1 Å². The van der Waals surface area contributed by atoms with E-state index in [1.54, 1.807) is 17.0 Å². The van der Waals surface area contributed by atoms with Gasteiger partial charge in [0.2, 0.25) is 0 Å². The first-order chi connectivity index (χ1) is 13.4. The van der Waals surface area contributed by atoms with E-state index in [2.05, 4.69) is 5.32 Å². The Balaban J connectivity index is 1.69. The number of piperidine rings is 1. The second-order valence-corrected chi connectivity index (χ2v) is 7.78. The number of rotatable bonds is 5.